The minimum absolute atomic E-state index is 0.831. The van der Waals surface area contributed by atoms with Crippen LogP contribution in [0.15, 0.2) is 54.9 Å². The summed E-state index contributed by atoms with van der Waals surface area (Å²) in [6.45, 7) is 5.11. The van der Waals surface area contributed by atoms with Gasteiger partial charge in [-0.3, -0.25) is 4.90 Å². The average Bonchev–Trinajstić information content (AvgIpc) is 2.80. The zero-order valence-corrected chi connectivity index (χ0v) is 16.8. The molecule has 5 nitrogen and oxygen atoms in total. The van der Waals surface area contributed by atoms with E-state index >= 15 is 0 Å². The monoisotopic (exact) mass is 385 g/mol. The molecule has 2 aliphatic heterocycles. The zero-order valence-electron chi connectivity index (χ0n) is 16.8. The van der Waals surface area contributed by atoms with Crippen molar-refractivity contribution in [1.29, 1.82) is 0 Å². The first-order valence-electron chi connectivity index (χ1n) is 10.7. The molecule has 3 aromatic rings. The predicted octanol–water partition coefficient (Wildman–Crippen LogP) is 4.09. The molecule has 29 heavy (non-hydrogen) atoms. The van der Waals surface area contributed by atoms with Crippen molar-refractivity contribution in [3.05, 3.63) is 71.7 Å². The van der Waals surface area contributed by atoms with E-state index in [0.29, 0.717) is 0 Å². The third-order valence-corrected chi connectivity index (χ3v) is 5.96. The van der Waals surface area contributed by atoms with Crippen molar-refractivity contribution in [2.75, 3.05) is 24.5 Å². The van der Waals surface area contributed by atoms with Gasteiger partial charge in [-0.25, -0.2) is 15.0 Å². The van der Waals surface area contributed by atoms with E-state index < -0.39 is 0 Å². The fourth-order valence-corrected chi connectivity index (χ4v) is 4.42. The third kappa shape index (κ3) is 4.01. The Morgan fingerprint density at radius 2 is 1.72 bits per heavy atom. The Balaban J connectivity index is 1.32. The van der Waals surface area contributed by atoms with Gasteiger partial charge in [0, 0.05) is 68.2 Å². The largest absolute Gasteiger partial charge is 0.356 e. The van der Waals surface area contributed by atoms with Crippen LogP contribution < -0.4 is 4.90 Å². The van der Waals surface area contributed by atoms with Gasteiger partial charge in [-0.15, -0.1) is 0 Å². The first-order chi connectivity index (χ1) is 14.4. The number of hydrogen-bond acceptors (Lipinski definition) is 5. The van der Waals surface area contributed by atoms with Crippen LogP contribution in [0.2, 0.25) is 0 Å². The average molecular weight is 386 g/mol. The molecular formula is C24H27N5. The summed E-state index contributed by atoms with van der Waals surface area (Å²) in [5, 5.41) is 0. The number of hydrogen-bond donors (Lipinski definition) is 0. The summed E-state index contributed by atoms with van der Waals surface area (Å²) in [6, 6.07) is 14.5. The Morgan fingerprint density at radius 3 is 2.59 bits per heavy atom. The summed E-state index contributed by atoms with van der Waals surface area (Å²) in [5.41, 5.74) is 4.86. The molecule has 0 radical (unpaired) electrons. The molecule has 2 aliphatic rings. The van der Waals surface area contributed by atoms with Crippen molar-refractivity contribution in [1.82, 2.24) is 19.9 Å². The van der Waals surface area contributed by atoms with Gasteiger partial charge in [0.15, 0.2) is 5.82 Å². The highest BCUT2D eigenvalue weighted by Crippen LogP contribution is 2.26. The molecule has 0 atom stereocenters. The van der Waals surface area contributed by atoms with E-state index in [1.54, 1.807) is 0 Å². The predicted molar refractivity (Wildman–Crippen MR) is 116 cm³/mol. The van der Waals surface area contributed by atoms with Crippen LogP contribution in [0.25, 0.3) is 11.4 Å². The first kappa shape index (κ1) is 18.3. The molecule has 0 bridgehead atoms. The SMILES string of the molecule is c1ccc(-c2ncc3c(n2)CCN(Cc2cccnc2N2CCCCC2)C3)cc1. The Labute approximate surface area is 172 Å². The fraction of sp³-hybridized carbons (Fsp3) is 0.375. The lowest BCUT2D eigenvalue weighted by molar-refractivity contribution is 0.243. The normalized spacial score (nSPS) is 17.2. The molecule has 148 valence electrons. The Morgan fingerprint density at radius 1 is 0.862 bits per heavy atom. The Bertz CT molecular complexity index is 966. The Hall–Kier alpha value is -2.79. The maximum Gasteiger partial charge on any atom is 0.159 e. The van der Waals surface area contributed by atoms with Crippen molar-refractivity contribution >= 4 is 5.82 Å². The number of benzene rings is 1. The number of piperidine rings is 1. The molecule has 0 amide bonds. The van der Waals surface area contributed by atoms with Gasteiger partial charge in [-0.05, 0) is 25.3 Å². The van der Waals surface area contributed by atoms with Crippen LogP contribution in [0.3, 0.4) is 0 Å². The summed E-state index contributed by atoms with van der Waals surface area (Å²) in [5.74, 6) is 2.01. The molecule has 5 heteroatoms. The van der Waals surface area contributed by atoms with Gasteiger partial charge in [0.05, 0.1) is 5.69 Å². The van der Waals surface area contributed by atoms with Gasteiger partial charge in [0.25, 0.3) is 0 Å². The molecule has 2 aromatic heterocycles. The van der Waals surface area contributed by atoms with Crippen molar-refractivity contribution in [3.8, 4) is 11.4 Å². The van der Waals surface area contributed by atoms with Crippen LogP contribution in [0.5, 0.6) is 0 Å². The number of pyridine rings is 1. The summed E-state index contributed by atoms with van der Waals surface area (Å²) < 4.78 is 0. The topological polar surface area (TPSA) is 45.2 Å². The first-order valence-corrected chi connectivity index (χ1v) is 10.7. The smallest absolute Gasteiger partial charge is 0.159 e. The van der Waals surface area contributed by atoms with Crippen LogP contribution in [0.4, 0.5) is 5.82 Å². The van der Waals surface area contributed by atoms with Gasteiger partial charge >= 0.3 is 0 Å². The molecule has 0 spiro atoms. The maximum atomic E-state index is 4.86. The highest BCUT2D eigenvalue weighted by atomic mass is 15.2. The van der Waals surface area contributed by atoms with E-state index in [0.717, 1.165) is 50.5 Å². The summed E-state index contributed by atoms with van der Waals surface area (Å²) >= 11 is 0. The maximum absolute atomic E-state index is 4.86. The van der Waals surface area contributed by atoms with Gasteiger partial charge in [-0.1, -0.05) is 36.4 Å². The molecule has 5 rings (SSSR count). The second-order valence-corrected chi connectivity index (χ2v) is 8.03. The van der Waals surface area contributed by atoms with Crippen LogP contribution in [-0.4, -0.2) is 39.5 Å². The van der Waals surface area contributed by atoms with E-state index in [2.05, 4.69) is 39.0 Å². The van der Waals surface area contributed by atoms with Gasteiger partial charge in [0.2, 0.25) is 0 Å². The van der Waals surface area contributed by atoms with Crippen LogP contribution in [0.1, 0.15) is 36.1 Å². The lowest BCUT2D eigenvalue weighted by Crippen LogP contribution is -2.34. The minimum atomic E-state index is 0.831. The van der Waals surface area contributed by atoms with Crippen molar-refractivity contribution in [2.45, 2.75) is 38.8 Å². The van der Waals surface area contributed by atoms with Crippen molar-refractivity contribution in [2.24, 2.45) is 0 Å². The third-order valence-electron chi connectivity index (χ3n) is 5.96. The molecular weight excluding hydrogens is 358 g/mol. The lowest BCUT2D eigenvalue weighted by Gasteiger charge is -2.32. The second-order valence-electron chi connectivity index (χ2n) is 8.03. The summed E-state index contributed by atoms with van der Waals surface area (Å²) in [6.07, 6.45) is 8.80. The minimum Gasteiger partial charge on any atom is -0.356 e. The van der Waals surface area contributed by atoms with E-state index in [9.17, 15) is 0 Å². The molecule has 0 N–H and O–H groups in total. The van der Waals surface area contributed by atoms with E-state index in [4.69, 9.17) is 9.97 Å². The summed E-state index contributed by atoms with van der Waals surface area (Å²) in [4.78, 5) is 19.2. The van der Waals surface area contributed by atoms with Crippen LogP contribution in [0, 0.1) is 0 Å². The van der Waals surface area contributed by atoms with Gasteiger partial charge in [0.1, 0.15) is 5.82 Å². The molecule has 4 heterocycles. The number of fused-ring (bicyclic) bond motifs is 1. The van der Waals surface area contributed by atoms with Crippen molar-refractivity contribution in [3.63, 3.8) is 0 Å². The number of anilines is 1. The number of aromatic nitrogens is 3. The Kier molecular flexibility index (Phi) is 5.22. The molecule has 0 saturated carbocycles. The van der Waals surface area contributed by atoms with Gasteiger partial charge in [-0.2, -0.15) is 0 Å². The highest BCUT2D eigenvalue weighted by Gasteiger charge is 2.22. The molecule has 1 fully saturated rings. The zero-order chi connectivity index (χ0) is 19.5. The fourth-order valence-electron chi connectivity index (χ4n) is 4.42. The molecule has 1 aromatic carbocycles. The van der Waals surface area contributed by atoms with Crippen LogP contribution in [-0.2, 0) is 19.5 Å². The number of rotatable bonds is 4. The van der Waals surface area contributed by atoms with E-state index in [1.807, 2.05) is 30.6 Å². The lowest BCUT2D eigenvalue weighted by atomic mass is 10.1. The van der Waals surface area contributed by atoms with Crippen LogP contribution >= 0.6 is 0 Å². The molecule has 0 aliphatic carbocycles. The summed E-state index contributed by atoms with van der Waals surface area (Å²) in [7, 11) is 0. The van der Waals surface area contributed by atoms with Gasteiger partial charge < -0.3 is 4.90 Å². The standard InChI is InChI=1S/C24H27N5/c1-3-8-19(9-4-1)23-26-16-21-18-28(15-11-22(21)27-23)17-20-10-7-12-25-24(20)29-13-5-2-6-14-29/h1,3-4,7-10,12,16H,2,5-6,11,13-15,17-18H2. The second kappa shape index (κ2) is 8.29. The molecule has 1 saturated heterocycles. The van der Waals surface area contributed by atoms with E-state index in [1.165, 1.54) is 41.9 Å². The number of nitrogens with zero attached hydrogens (tertiary/aromatic N) is 5. The quantitative estimate of drug-likeness (QED) is 0.677. The van der Waals surface area contributed by atoms with Crippen molar-refractivity contribution < 1.29 is 0 Å². The molecule has 0 unspecified atom stereocenters. The highest BCUT2D eigenvalue weighted by molar-refractivity contribution is 5.55. The van der Waals surface area contributed by atoms with E-state index in [-0.39, 0.29) is 0 Å².